The van der Waals surface area contributed by atoms with Crippen LogP contribution in [0.2, 0.25) is 0 Å². The third kappa shape index (κ3) is 3.84. The van der Waals surface area contributed by atoms with Gasteiger partial charge in [-0.05, 0) is 24.6 Å². The lowest BCUT2D eigenvalue weighted by molar-refractivity contribution is 0.607. The van der Waals surface area contributed by atoms with Crippen molar-refractivity contribution >= 4 is 43.3 Å². The van der Waals surface area contributed by atoms with E-state index in [2.05, 4.69) is 36.3 Å². The molecule has 2 rings (SSSR count). The number of nitrogens with zero attached hydrogens (tertiary/aromatic N) is 1. The van der Waals surface area contributed by atoms with Crippen LogP contribution in [0.3, 0.4) is 0 Å². The van der Waals surface area contributed by atoms with Crippen molar-refractivity contribution in [1.29, 1.82) is 0 Å². The number of benzene rings is 1. The Morgan fingerprint density at radius 3 is 2.63 bits per heavy atom. The zero-order valence-electron chi connectivity index (χ0n) is 10.6. The summed E-state index contributed by atoms with van der Waals surface area (Å²) in [6.45, 7) is 3.39. The zero-order chi connectivity index (χ0) is 14.0. The molecule has 0 saturated carbocycles. The van der Waals surface area contributed by atoms with Crippen molar-refractivity contribution in [3.63, 3.8) is 0 Å². The molecule has 0 unspecified atom stereocenters. The molecule has 0 fully saturated rings. The second kappa shape index (κ2) is 5.38. The molecule has 3 N–H and O–H groups in total. The predicted octanol–water partition coefficient (Wildman–Crippen LogP) is 1.50. The molecule has 6 nitrogen and oxygen atoms in total. The number of rotatable bonds is 3. The Morgan fingerprint density at radius 2 is 2.05 bits per heavy atom. The van der Waals surface area contributed by atoms with E-state index in [0.29, 0.717) is 11.6 Å². The highest BCUT2D eigenvalue weighted by Crippen LogP contribution is 2.29. The summed E-state index contributed by atoms with van der Waals surface area (Å²) >= 11 is 3.37. The van der Waals surface area contributed by atoms with E-state index < -0.39 is 10.0 Å². The van der Waals surface area contributed by atoms with Gasteiger partial charge in [0.05, 0.1) is 18.5 Å². The van der Waals surface area contributed by atoms with Gasteiger partial charge in [0, 0.05) is 16.7 Å². The maximum Gasteiger partial charge on any atom is 0.229 e. The lowest BCUT2D eigenvalue weighted by Gasteiger charge is -2.15. The topological polar surface area (TPSA) is 82.6 Å². The summed E-state index contributed by atoms with van der Waals surface area (Å²) in [5, 5.41) is 6.25. The number of hydrogen-bond donors (Lipinski definition) is 3. The van der Waals surface area contributed by atoms with Crippen molar-refractivity contribution in [2.75, 3.05) is 29.4 Å². The van der Waals surface area contributed by atoms with Gasteiger partial charge in [-0.3, -0.25) is 9.71 Å². The Bertz CT molecular complexity index is 628. The lowest BCUT2D eigenvalue weighted by atomic mass is 10.1. The maximum absolute atomic E-state index is 11.3. The van der Waals surface area contributed by atoms with Crippen LogP contribution in [0.5, 0.6) is 0 Å². The van der Waals surface area contributed by atoms with Gasteiger partial charge in [-0.1, -0.05) is 15.9 Å². The van der Waals surface area contributed by atoms with Crippen LogP contribution in [0.25, 0.3) is 0 Å². The van der Waals surface area contributed by atoms with Crippen LogP contribution in [-0.2, 0) is 10.0 Å². The van der Waals surface area contributed by atoms with Gasteiger partial charge < -0.3 is 10.6 Å². The van der Waals surface area contributed by atoms with Crippen molar-refractivity contribution in [1.82, 2.24) is 5.32 Å². The number of sulfonamides is 1. The van der Waals surface area contributed by atoms with Gasteiger partial charge in [-0.15, -0.1) is 0 Å². The summed E-state index contributed by atoms with van der Waals surface area (Å²) in [6, 6.07) is 3.61. The minimum Gasteiger partial charge on any atom is -0.354 e. The zero-order valence-corrected chi connectivity index (χ0v) is 13.0. The Morgan fingerprint density at radius 1 is 1.37 bits per heavy atom. The molecule has 0 spiro atoms. The van der Waals surface area contributed by atoms with Gasteiger partial charge in [-0.2, -0.15) is 0 Å². The van der Waals surface area contributed by atoms with E-state index in [1.807, 2.05) is 13.0 Å². The summed E-state index contributed by atoms with van der Waals surface area (Å²) in [5.41, 5.74) is 2.15. The van der Waals surface area contributed by atoms with E-state index in [9.17, 15) is 8.42 Å². The summed E-state index contributed by atoms with van der Waals surface area (Å²) in [7, 11) is -3.30. The van der Waals surface area contributed by atoms with Crippen molar-refractivity contribution in [2.45, 2.75) is 6.92 Å². The molecule has 1 aromatic carbocycles. The van der Waals surface area contributed by atoms with Gasteiger partial charge >= 0.3 is 0 Å². The Kier molecular flexibility index (Phi) is 4.00. The molecule has 1 aliphatic rings. The van der Waals surface area contributed by atoms with Crippen molar-refractivity contribution < 1.29 is 8.42 Å². The van der Waals surface area contributed by atoms with Gasteiger partial charge in [0.25, 0.3) is 0 Å². The van der Waals surface area contributed by atoms with Crippen LogP contribution in [0.15, 0.2) is 21.6 Å². The van der Waals surface area contributed by atoms with Crippen LogP contribution < -0.4 is 15.4 Å². The molecule has 0 amide bonds. The molecule has 1 aromatic rings. The largest absolute Gasteiger partial charge is 0.354 e. The molecule has 0 atom stereocenters. The fourth-order valence-electron chi connectivity index (χ4n) is 1.72. The van der Waals surface area contributed by atoms with Crippen LogP contribution in [0.4, 0.5) is 11.4 Å². The molecule has 1 aliphatic heterocycles. The molecule has 1 heterocycles. The number of halogens is 1. The van der Waals surface area contributed by atoms with Gasteiger partial charge in [-0.25, -0.2) is 8.42 Å². The second-order valence-corrected chi connectivity index (χ2v) is 6.95. The number of aliphatic imine (C=N–C) groups is 1. The minimum absolute atomic E-state index is 0.540. The summed E-state index contributed by atoms with van der Waals surface area (Å²) < 4.78 is 26.0. The second-order valence-electron chi connectivity index (χ2n) is 4.28. The van der Waals surface area contributed by atoms with Crippen molar-refractivity contribution in [3.8, 4) is 0 Å². The number of nitrogens with one attached hydrogen (secondary N) is 3. The number of hydrogen-bond acceptors (Lipinski definition) is 5. The van der Waals surface area contributed by atoms with Crippen molar-refractivity contribution in [2.24, 2.45) is 4.99 Å². The number of guanidine groups is 1. The SMILES string of the molecule is Cc1c(NC2=NCCN2)cc(Br)cc1NS(C)(=O)=O. The Balaban J connectivity index is 2.33. The van der Waals surface area contributed by atoms with E-state index in [4.69, 9.17) is 0 Å². The molecule has 0 radical (unpaired) electrons. The lowest BCUT2D eigenvalue weighted by Crippen LogP contribution is -2.26. The van der Waals surface area contributed by atoms with Gasteiger partial charge in [0.2, 0.25) is 10.0 Å². The molecule has 104 valence electrons. The van der Waals surface area contributed by atoms with E-state index in [1.165, 1.54) is 0 Å². The molecular formula is C11H15BrN4O2S. The first-order chi connectivity index (χ1) is 8.85. The molecule has 0 aliphatic carbocycles. The van der Waals surface area contributed by atoms with Crippen molar-refractivity contribution in [3.05, 3.63) is 22.2 Å². The summed E-state index contributed by atoms with van der Waals surface area (Å²) in [4.78, 5) is 4.25. The highest BCUT2D eigenvalue weighted by atomic mass is 79.9. The van der Waals surface area contributed by atoms with Crippen LogP contribution in [0.1, 0.15) is 5.56 Å². The molecule has 0 bridgehead atoms. The normalized spacial score (nSPS) is 14.8. The number of anilines is 2. The highest BCUT2D eigenvalue weighted by molar-refractivity contribution is 9.10. The predicted molar refractivity (Wildman–Crippen MR) is 81.3 cm³/mol. The molecule has 0 aromatic heterocycles. The van der Waals surface area contributed by atoms with Crippen LogP contribution in [0, 0.1) is 6.92 Å². The molecule has 0 saturated heterocycles. The fraction of sp³-hybridized carbons (Fsp3) is 0.364. The summed E-state index contributed by atoms with van der Waals surface area (Å²) in [6.07, 6.45) is 1.13. The Labute approximate surface area is 120 Å². The first-order valence-electron chi connectivity index (χ1n) is 5.68. The third-order valence-electron chi connectivity index (χ3n) is 2.60. The van der Waals surface area contributed by atoms with E-state index in [1.54, 1.807) is 6.07 Å². The van der Waals surface area contributed by atoms with Crippen LogP contribution in [-0.4, -0.2) is 33.7 Å². The van der Waals surface area contributed by atoms with E-state index in [-0.39, 0.29) is 0 Å². The fourth-order valence-corrected chi connectivity index (χ4v) is 2.79. The smallest absolute Gasteiger partial charge is 0.229 e. The van der Waals surface area contributed by atoms with Gasteiger partial charge in [0.1, 0.15) is 0 Å². The van der Waals surface area contributed by atoms with E-state index in [0.717, 1.165) is 35.1 Å². The Hall–Kier alpha value is -1.28. The highest BCUT2D eigenvalue weighted by Gasteiger charge is 2.12. The third-order valence-corrected chi connectivity index (χ3v) is 3.64. The molecule has 8 heteroatoms. The quantitative estimate of drug-likeness (QED) is 0.774. The first-order valence-corrected chi connectivity index (χ1v) is 8.37. The average molecular weight is 347 g/mol. The maximum atomic E-state index is 11.3. The average Bonchev–Trinajstić information content (AvgIpc) is 2.75. The standard InChI is InChI=1S/C11H15BrN4O2S/c1-7-9(15-11-13-3-4-14-11)5-8(12)6-10(7)16-19(2,17)18/h5-6,16H,3-4H2,1-2H3,(H2,13,14,15). The van der Waals surface area contributed by atoms with Crippen LogP contribution >= 0.6 is 15.9 Å². The molecule has 19 heavy (non-hydrogen) atoms. The summed E-state index contributed by atoms with van der Waals surface area (Å²) in [5.74, 6) is 0.700. The minimum atomic E-state index is -3.30. The monoisotopic (exact) mass is 346 g/mol. The van der Waals surface area contributed by atoms with E-state index >= 15 is 0 Å². The van der Waals surface area contributed by atoms with Gasteiger partial charge in [0.15, 0.2) is 5.96 Å². The first kappa shape index (κ1) is 14.1. The molecular weight excluding hydrogens is 332 g/mol.